The zero-order valence-corrected chi connectivity index (χ0v) is 22.5. The van der Waals surface area contributed by atoms with Gasteiger partial charge in [0, 0.05) is 74.9 Å². The topological polar surface area (TPSA) is 153 Å². The standard InChI is InChI=1S/C26H32N8O4S/c1-31-10-12-32(13-11-31)20-5-3-18(4-6-20)29-26-30-25(27)24(39-26)23(36)17-2-7-21(22(14-17)34(37)38)33-9-8-28-19(15-33)16-35/h2-7,14,19,28,35H,8-13,15-16,27H2,1H3,(H,29,30). The Labute approximate surface area is 230 Å². The highest BCUT2D eigenvalue weighted by Gasteiger charge is 2.27. The number of rotatable bonds is 8. The Balaban J connectivity index is 1.31. The number of nitro benzene ring substituents is 1. The van der Waals surface area contributed by atoms with Gasteiger partial charge in [0.15, 0.2) is 5.13 Å². The summed E-state index contributed by atoms with van der Waals surface area (Å²) in [6, 6.07) is 12.3. The van der Waals surface area contributed by atoms with Crippen molar-refractivity contribution in [3.63, 3.8) is 0 Å². The van der Waals surface area contributed by atoms with Gasteiger partial charge in [0.25, 0.3) is 5.69 Å². The van der Waals surface area contributed by atoms with Crippen LogP contribution in [-0.2, 0) is 0 Å². The van der Waals surface area contributed by atoms with Crippen LogP contribution in [0.3, 0.4) is 0 Å². The number of nitro groups is 1. The molecule has 0 radical (unpaired) electrons. The van der Waals surface area contributed by atoms with Crippen LogP contribution >= 0.6 is 11.3 Å². The van der Waals surface area contributed by atoms with Crippen molar-refractivity contribution in [1.82, 2.24) is 15.2 Å². The second kappa shape index (κ2) is 11.5. The molecule has 0 bridgehead atoms. The van der Waals surface area contributed by atoms with Crippen LogP contribution in [0.15, 0.2) is 42.5 Å². The summed E-state index contributed by atoms with van der Waals surface area (Å²) >= 11 is 1.11. The number of hydrogen-bond acceptors (Lipinski definition) is 12. The largest absolute Gasteiger partial charge is 0.395 e. The van der Waals surface area contributed by atoms with E-state index in [2.05, 4.69) is 44.6 Å². The number of nitrogens with zero attached hydrogens (tertiary/aromatic N) is 5. The Morgan fingerprint density at radius 3 is 2.62 bits per heavy atom. The summed E-state index contributed by atoms with van der Waals surface area (Å²) in [5, 5.41) is 28.2. The molecule has 2 fully saturated rings. The highest BCUT2D eigenvalue weighted by atomic mass is 32.1. The third kappa shape index (κ3) is 5.96. The second-order valence-electron chi connectivity index (χ2n) is 9.76. The Hall–Kier alpha value is -3.78. The first kappa shape index (κ1) is 26.8. The van der Waals surface area contributed by atoms with Crippen molar-refractivity contribution in [2.75, 3.05) is 80.3 Å². The maximum absolute atomic E-state index is 13.3. The van der Waals surface area contributed by atoms with Crippen LogP contribution in [-0.4, -0.2) is 91.2 Å². The minimum Gasteiger partial charge on any atom is -0.395 e. The molecule has 0 saturated carbocycles. The zero-order chi connectivity index (χ0) is 27.5. The summed E-state index contributed by atoms with van der Waals surface area (Å²) in [7, 11) is 2.13. The monoisotopic (exact) mass is 552 g/mol. The third-order valence-corrected chi connectivity index (χ3v) is 8.08. The van der Waals surface area contributed by atoms with Crippen molar-refractivity contribution < 1.29 is 14.8 Å². The van der Waals surface area contributed by atoms with E-state index in [1.165, 1.54) is 6.07 Å². The maximum Gasteiger partial charge on any atom is 0.293 e. The van der Waals surface area contributed by atoms with Gasteiger partial charge in [-0.3, -0.25) is 14.9 Å². The number of aliphatic hydroxyl groups is 1. The van der Waals surface area contributed by atoms with Gasteiger partial charge in [0.05, 0.1) is 11.5 Å². The summed E-state index contributed by atoms with van der Waals surface area (Å²) < 4.78 is 0. The number of aliphatic hydroxyl groups excluding tert-OH is 1. The molecular formula is C26H32N8O4S. The predicted molar refractivity (Wildman–Crippen MR) is 154 cm³/mol. The smallest absolute Gasteiger partial charge is 0.293 e. The molecule has 3 heterocycles. The van der Waals surface area contributed by atoms with E-state index in [0.29, 0.717) is 30.5 Å². The van der Waals surface area contributed by atoms with Crippen LogP contribution < -0.4 is 26.2 Å². The van der Waals surface area contributed by atoms with E-state index >= 15 is 0 Å². The van der Waals surface area contributed by atoms with Crippen molar-refractivity contribution in [3.8, 4) is 0 Å². The van der Waals surface area contributed by atoms with Crippen molar-refractivity contribution in [1.29, 1.82) is 0 Å². The molecule has 12 nitrogen and oxygen atoms in total. The lowest BCUT2D eigenvalue weighted by Gasteiger charge is -2.34. The van der Waals surface area contributed by atoms with Crippen LogP contribution in [0.1, 0.15) is 15.2 Å². The number of likely N-dealkylation sites (N-methyl/N-ethyl adjacent to an activating group) is 1. The molecule has 2 saturated heterocycles. The fraction of sp³-hybridized carbons (Fsp3) is 0.385. The van der Waals surface area contributed by atoms with Gasteiger partial charge in [-0.15, -0.1) is 0 Å². The third-order valence-electron chi connectivity index (χ3n) is 7.10. The van der Waals surface area contributed by atoms with Gasteiger partial charge in [-0.25, -0.2) is 4.98 Å². The van der Waals surface area contributed by atoms with E-state index in [-0.39, 0.29) is 34.6 Å². The lowest BCUT2D eigenvalue weighted by atomic mass is 10.1. The number of nitrogens with one attached hydrogen (secondary N) is 2. The molecule has 0 aliphatic carbocycles. The minimum absolute atomic E-state index is 0.0672. The van der Waals surface area contributed by atoms with E-state index in [1.807, 2.05) is 17.0 Å². The highest BCUT2D eigenvalue weighted by Crippen LogP contribution is 2.34. The molecule has 1 unspecified atom stereocenters. The Morgan fingerprint density at radius 1 is 1.18 bits per heavy atom. The predicted octanol–water partition coefficient (Wildman–Crippen LogP) is 2.13. The molecule has 1 aromatic heterocycles. The molecule has 5 rings (SSSR count). The fourth-order valence-corrected chi connectivity index (χ4v) is 5.73. The molecule has 13 heteroatoms. The molecule has 2 aromatic carbocycles. The Bertz CT molecular complexity index is 1340. The lowest BCUT2D eigenvalue weighted by Crippen LogP contribution is -2.52. The number of anilines is 5. The van der Waals surface area contributed by atoms with Gasteiger partial charge in [0.1, 0.15) is 16.4 Å². The number of aromatic nitrogens is 1. The van der Waals surface area contributed by atoms with Crippen molar-refractivity contribution in [2.24, 2.45) is 0 Å². The van der Waals surface area contributed by atoms with Crippen molar-refractivity contribution >= 4 is 50.8 Å². The first-order valence-electron chi connectivity index (χ1n) is 12.8. The van der Waals surface area contributed by atoms with Crippen LogP contribution in [0, 0.1) is 10.1 Å². The van der Waals surface area contributed by atoms with Gasteiger partial charge in [0.2, 0.25) is 5.78 Å². The van der Waals surface area contributed by atoms with E-state index in [9.17, 15) is 20.0 Å². The molecule has 5 N–H and O–H groups in total. The number of carbonyl (C=O) groups excluding carboxylic acids is 1. The average molecular weight is 553 g/mol. The first-order chi connectivity index (χ1) is 18.8. The van der Waals surface area contributed by atoms with Crippen LogP contribution in [0.25, 0.3) is 0 Å². The van der Waals surface area contributed by atoms with Gasteiger partial charge in [-0.2, -0.15) is 0 Å². The van der Waals surface area contributed by atoms with E-state index < -0.39 is 10.7 Å². The number of piperazine rings is 2. The average Bonchev–Trinajstić information content (AvgIpc) is 3.32. The van der Waals surface area contributed by atoms with Crippen LogP contribution in [0.5, 0.6) is 0 Å². The van der Waals surface area contributed by atoms with Gasteiger partial charge in [-0.05, 0) is 43.4 Å². The number of nitrogens with two attached hydrogens (primary N) is 1. The Kier molecular flexibility index (Phi) is 7.93. The van der Waals surface area contributed by atoms with E-state index in [0.717, 1.165) is 48.9 Å². The molecular weight excluding hydrogens is 520 g/mol. The first-order valence-corrected chi connectivity index (χ1v) is 13.6. The summed E-state index contributed by atoms with van der Waals surface area (Å²) in [5.74, 6) is -0.354. The lowest BCUT2D eigenvalue weighted by molar-refractivity contribution is -0.384. The summed E-state index contributed by atoms with van der Waals surface area (Å²) in [4.78, 5) is 35.8. The molecule has 2 aliphatic heterocycles. The van der Waals surface area contributed by atoms with E-state index in [4.69, 9.17) is 5.73 Å². The zero-order valence-electron chi connectivity index (χ0n) is 21.7. The molecule has 206 valence electrons. The van der Waals surface area contributed by atoms with Gasteiger partial charge in [-0.1, -0.05) is 11.3 Å². The minimum atomic E-state index is -0.489. The SMILES string of the molecule is CN1CCN(c2ccc(Nc3nc(N)c(C(=O)c4ccc(N5CCNC(CO)C5)c([N+](=O)[O-])c4)s3)cc2)CC1. The van der Waals surface area contributed by atoms with Crippen molar-refractivity contribution in [3.05, 3.63) is 63.0 Å². The highest BCUT2D eigenvalue weighted by molar-refractivity contribution is 7.18. The summed E-state index contributed by atoms with van der Waals surface area (Å²) in [6.45, 7) is 5.53. The number of carbonyl (C=O) groups is 1. The number of nitrogen functional groups attached to an aromatic ring is 1. The van der Waals surface area contributed by atoms with E-state index in [1.54, 1.807) is 12.1 Å². The summed E-state index contributed by atoms with van der Waals surface area (Å²) in [5.41, 5.74) is 8.48. The normalized spacial score (nSPS) is 18.3. The molecule has 0 amide bonds. The Morgan fingerprint density at radius 2 is 1.92 bits per heavy atom. The maximum atomic E-state index is 13.3. The van der Waals surface area contributed by atoms with Crippen molar-refractivity contribution in [2.45, 2.75) is 6.04 Å². The quantitative estimate of drug-likeness (QED) is 0.185. The fourth-order valence-electron chi connectivity index (χ4n) is 4.87. The van der Waals surface area contributed by atoms with Gasteiger partial charge >= 0.3 is 0 Å². The molecule has 3 aromatic rings. The number of ketones is 1. The number of benzene rings is 2. The molecule has 0 spiro atoms. The second-order valence-corrected chi connectivity index (χ2v) is 10.8. The van der Waals surface area contributed by atoms with Gasteiger partial charge < -0.3 is 36.2 Å². The van der Waals surface area contributed by atoms with Crippen LogP contribution in [0.2, 0.25) is 0 Å². The molecule has 2 aliphatic rings. The number of thiazole rings is 1. The summed E-state index contributed by atoms with van der Waals surface area (Å²) in [6.07, 6.45) is 0. The number of hydrogen-bond donors (Lipinski definition) is 4. The van der Waals surface area contributed by atoms with Crippen LogP contribution in [0.4, 0.5) is 33.7 Å². The molecule has 39 heavy (non-hydrogen) atoms. The molecule has 1 atom stereocenters.